The van der Waals surface area contributed by atoms with Gasteiger partial charge in [0, 0.05) is 13.6 Å². The highest BCUT2D eigenvalue weighted by Crippen LogP contribution is 2.36. The summed E-state index contributed by atoms with van der Waals surface area (Å²) in [6, 6.07) is 3.40. The van der Waals surface area contributed by atoms with Crippen LogP contribution in [-0.2, 0) is 6.54 Å². The number of nitrogens with one attached hydrogen (secondary N) is 1. The Kier molecular flexibility index (Phi) is 7.25. The molecule has 4 N–H and O–H groups in total. The number of aliphatic imine (C=N–C) groups is 1. The SMILES string of the molecule is CN=C(N)NCc1cc(OC)c(O)c(OC)c1.I. The molecule has 18 heavy (non-hydrogen) atoms. The van der Waals surface area contributed by atoms with Crippen molar-refractivity contribution >= 4 is 29.9 Å². The van der Waals surface area contributed by atoms with E-state index in [-0.39, 0.29) is 29.7 Å². The molecule has 0 heterocycles. The molecule has 0 unspecified atom stereocenters. The van der Waals surface area contributed by atoms with E-state index < -0.39 is 0 Å². The summed E-state index contributed by atoms with van der Waals surface area (Å²) in [5.41, 5.74) is 6.38. The van der Waals surface area contributed by atoms with Gasteiger partial charge in [-0.3, -0.25) is 4.99 Å². The van der Waals surface area contributed by atoms with Crippen molar-refractivity contribution in [2.45, 2.75) is 6.54 Å². The zero-order chi connectivity index (χ0) is 12.8. The lowest BCUT2D eigenvalue weighted by atomic mass is 10.2. The first-order valence-corrected chi connectivity index (χ1v) is 5.02. The van der Waals surface area contributed by atoms with Gasteiger partial charge in [0.1, 0.15) is 0 Å². The van der Waals surface area contributed by atoms with Crippen LogP contribution in [0.1, 0.15) is 5.56 Å². The number of halogens is 1. The molecule has 0 amide bonds. The molecule has 0 spiro atoms. The molecule has 0 aromatic heterocycles. The predicted octanol–water partition coefficient (Wildman–Crippen LogP) is 1.06. The number of benzene rings is 1. The van der Waals surface area contributed by atoms with E-state index in [2.05, 4.69) is 10.3 Å². The highest BCUT2D eigenvalue weighted by Gasteiger charge is 2.10. The predicted molar refractivity (Wildman–Crippen MR) is 81.0 cm³/mol. The van der Waals surface area contributed by atoms with Gasteiger partial charge in [-0.2, -0.15) is 0 Å². The van der Waals surface area contributed by atoms with Crippen LogP contribution in [0.2, 0.25) is 0 Å². The number of hydrogen-bond acceptors (Lipinski definition) is 4. The van der Waals surface area contributed by atoms with Crippen molar-refractivity contribution < 1.29 is 14.6 Å². The van der Waals surface area contributed by atoms with E-state index in [1.807, 2.05) is 0 Å². The van der Waals surface area contributed by atoms with Gasteiger partial charge >= 0.3 is 0 Å². The first kappa shape index (κ1) is 16.6. The van der Waals surface area contributed by atoms with Gasteiger partial charge in [0.2, 0.25) is 5.75 Å². The Bertz CT molecular complexity index is 399. The van der Waals surface area contributed by atoms with Crippen LogP contribution in [0, 0.1) is 0 Å². The largest absolute Gasteiger partial charge is 0.502 e. The molecule has 1 rings (SSSR count). The molecule has 0 saturated heterocycles. The Hall–Kier alpha value is -1.38. The Labute approximate surface area is 123 Å². The second kappa shape index (κ2) is 7.85. The molecule has 0 aliphatic carbocycles. The zero-order valence-corrected chi connectivity index (χ0v) is 12.9. The lowest BCUT2D eigenvalue weighted by molar-refractivity contribution is 0.339. The second-order valence-corrected chi connectivity index (χ2v) is 3.31. The number of nitrogens with two attached hydrogens (primary N) is 1. The Morgan fingerprint density at radius 1 is 1.33 bits per heavy atom. The molecule has 7 heteroatoms. The van der Waals surface area contributed by atoms with Crippen molar-refractivity contribution in [1.82, 2.24) is 5.32 Å². The number of phenols is 1. The zero-order valence-electron chi connectivity index (χ0n) is 10.6. The number of ether oxygens (including phenoxy) is 2. The van der Waals surface area contributed by atoms with Crippen LogP contribution in [0.25, 0.3) is 0 Å². The second-order valence-electron chi connectivity index (χ2n) is 3.31. The number of methoxy groups -OCH3 is 2. The van der Waals surface area contributed by atoms with Gasteiger partial charge in [-0.05, 0) is 17.7 Å². The molecule has 0 fully saturated rings. The van der Waals surface area contributed by atoms with E-state index in [0.717, 1.165) is 5.56 Å². The third-order valence-electron chi connectivity index (χ3n) is 2.25. The Balaban J connectivity index is 0.00000289. The van der Waals surface area contributed by atoms with E-state index in [1.54, 1.807) is 19.2 Å². The molecular weight excluding hydrogens is 349 g/mol. The fraction of sp³-hybridized carbons (Fsp3) is 0.364. The van der Waals surface area contributed by atoms with Gasteiger partial charge < -0.3 is 25.6 Å². The van der Waals surface area contributed by atoms with Crippen LogP contribution in [0.3, 0.4) is 0 Å². The van der Waals surface area contributed by atoms with E-state index >= 15 is 0 Å². The highest BCUT2D eigenvalue weighted by atomic mass is 127. The normalized spacial score (nSPS) is 10.5. The van der Waals surface area contributed by atoms with Crippen molar-refractivity contribution in [3.05, 3.63) is 17.7 Å². The Morgan fingerprint density at radius 2 is 1.83 bits per heavy atom. The number of aromatic hydroxyl groups is 1. The minimum absolute atomic E-state index is 0. The van der Waals surface area contributed by atoms with Crippen molar-refractivity contribution in [3.8, 4) is 17.2 Å². The maximum atomic E-state index is 9.72. The lowest BCUT2D eigenvalue weighted by Crippen LogP contribution is -2.30. The van der Waals surface area contributed by atoms with Gasteiger partial charge in [0.05, 0.1) is 14.2 Å². The first-order valence-electron chi connectivity index (χ1n) is 5.02. The summed E-state index contributed by atoms with van der Waals surface area (Å²) in [7, 11) is 4.56. The maximum Gasteiger partial charge on any atom is 0.200 e. The monoisotopic (exact) mass is 367 g/mol. The number of hydrogen-bond donors (Lipinski definition) is 3. The van der Waals surface area contributed by atoms with Crippen molar-refractivity contribution in [3.63, 3.8) is 0 Å². The summed E-state index contributed by atoms with van der Waals surface area (Å²) in [6.45, 7) is 0.468. The highest BCUT2D eigenvalue weighted by molar-refractivity contribution is 14.0. The smallest absolute Gasteiger partial charge is 0.200 e. The molecule has 102 valence electrons. The number of nitrogens with zero attached hydrogens (tertiary/aromatic N) is 1. The van der Waals surface area contributed by atoms with Crippen LogP contribution in [0.5, 0.6) is 17.2 Å². The van der Waals surface area contributed by atoms with Crippen molar-refractivity contribution in [2.75, 3.05) is 21.3 Å². The standard InChI is InChI=1S/C11H17N3O3.HI/c1-13-11(12)14-6-7-4-8(16-2)10(15)9(5-7)17-3;/h4-5,15H,6H2,1-3H3,(H3,12,13,14);1H. The number of phenolic OH excluding ortho intramolecular Hbond substituents is 1. The number of rotatable bonds is 4. The average Bonchev–Trinajstić information content (AvgIpc) is 2.36. The van der Waals surface area contributed by atoms with Crippen LogP contribution in [0.4, 0.5) is 0 Å². The molecule has 0 aliphatic rings. The van der Waals surface area contributed by atoms with Gasteiger partial charge in [-0.15, -0.1) is 24.0 Å². The molecular formula is C11H18IN3O3. The average molecular weight is 367 g/mol. The maximum absolute atomic E-state index is 9.72. The van der Waals surface area contributed by atoms with Gasteiger partial charge in [-0.25, -0.2) is 0 Å². The van der Waals surface area contributed by atoms with Gasteiger partial charge in [-0.1, -0.05) is 0 Å². The summed E-state index contributed by atoms with van der Waals surface area (Å²) in [6.07, 6.45) is 0. The molecule has 1 aromatic rings. The molecule has 0 radical (unpaired) electrons. The van der Waals surface area contributed by atoms with E-state index in [0.29, 0.717) is 24.0 Å². The fourth-order valence-corrected chi connectivity index (χ4v) is 1.32. The summed E-state index contributed by atoms with van der Waals surface area (Å²) >= 11 is 0. The lowest BCUT2D eigenvalue weighted by Gasteiger charge is -2.11. The summed E-state index contributed by atoms with van der Waals surface area (Å²) in [4.78, 5) is 3.78. The molecule has 0 atom stereocenters. The van der Waals surface area contributed by atoms with Gasteiger partial charge in [0.25, 0.3) is 0 Å². The van der Waals surface area contributed by atoms with Crippen LogP contribution in [-0.4, -0.2) is 32.3 Å². The first-order chi connectivity index (χ1) is 8.12. The van der Waals surface area contributed by atoms with Crippen molar-refractivity contribution in [1.29, 1.82) is 0 Å². The molecule has 1 aromatic carbocycles. The summed E-state index contributed by atoms with van der Waals surface area (Å²) in [5.74, 6) is 1.04. The van der Waals surface area contributed by atoms with Crippen LogP contribution in [0.15, 0.2) is 17.1 Å². The van der Waals surface area contributed by atoms with Crippen LogP contribution >= 0.6 is 24.0 Å². The minimum Gasteiger partial charge on any atom is -0.502 e. The minimum atomic E-state index is -0.0177. The summed E-state index contributed by atoms with van der Waals surface area (Å²) < 4.78 is 10.1. The summed E-state index contributed by atoms with van der Waals surface area (Å²) in [5, 5.41) is 12.6. The molecule has 6 nitrogen and oxygen atoms in total. The van der Waals surface area contributed by atoms with E-state index in [1.165, 1.54) is 14.2 Å². The quantitative estimate of drug-likeness (QED) is 0.421. The van der Waals surface area contributed by atoms with Crippen molar-refractivity contribution in [2.24, 2.45) is 10.7 Å². The molecule has 0 aliphatic heterocycles. The van der Waals surface area contributed by atoms with E-state index in [9.17, 15) is 5.11 Å². The third kappa shape index (κ3) is 4.13. The topological polar surface area (TPSA) is 89.1 Å². The third-order valence-corrected chi connectivity index (χ3v) is 2.25. The van der Waals surface area contributed by atoms with Gasteiger partial charge in [0.15, 0.2) is 17.5 Å². The van der Waals surface area contributed by atoms with Crippen LogP contribution < -0.4 is 20.5 Å². The van der Waals surface area contributed by atoms with E-state index in [4.69, 9.17) is 15.2 Å². The molecule has 0 bridgehead atoms. The fourth-order valence-electron chi connectivity index (χ4n) is 1.32. The number of guanidine groups is 1. The Morgan fingerprint density at radius 3 is 2.22 bits per heavy atom. The molecule has 0 saturated carbocycles.